The van der Waals surface area contributed by atoms with Gasteiger partial charge in [0.1, 0.15) is 0 Å². The molecule has 0 saturated carbocycles. The third kappa shape index (κ3) is 4.04. The van der Waals surface area contributed by atoms with Crippen LogP contribution in [0.25, 0.3) is 0 Å². The fraction of sp³-hybridized carbons (Fsp3) is 0.304. The number of nitrogens with one attached hydrogen (secondary N) is 1. The second-order valence-electron chi connectivity index (χ2n) is 7.94. The van der Waals surface area contributed by atoms with Crippen LogP contribution in [0.1, 0.15) is 24.2 Å². The quantitative estimate of drug-likeness (QED) is 0.421. The fourth-order valence-corrected chi connectivity index (χ4v) is 6.37. The Morgan fingerprint density at radius 3 is 2.20 bits per heavy atom. The summed E-state index contributed by atoms with van der Waals surface area (Å²) in [5, 5.41) is 3.41. The number of benzene rings is 2. The van der Waals surface area contributed by atoms with E-state index in [0.29, 0.717) is 5.70 Å². The monoisotopic (exact) mass is 442 g/mol. The first-order chi connectivity index (χ1) is 14.5. The van der Waals surface area contributed by atoms with Crippen LogP contribution in [-0.2, 0) is 14.3 Å². The third-order valence-corrected chi connectivity index (χ3v) is 7.74. The van der Waals surface area contributed by atoms with Gasteiger partial charge in [0.05, 0.1) is 0 Å². The summed E-state index contributed by atoms with van der Waals surface area (Å²) in [5.74, 6) is 0.248. The van der Waals surface area contributed by atoms with E-state index < -0.39 is 20.1 Å². The number of thioether (sulfide) groups is 1. The standard InChI is InChI=1S/C23H27N2O3PS/c1-15-14-30-22-18(24-29(2)3)21(26)25(22)19(15)23(27)28-20(16-10-6-4-7-11-16)17-12-8-5-9-13-17/h4-13,18,20,22,24H,14,29H2,1-3H3/t18-,22+/m1/s1. The van der Waals surface area contributed by atoms with Crippen molar-refractivity contribution in [2.24, 2.45) is 0 Å². The van der Waals surface area contributed by atoms with Gasteiger partial charge in [0.15, 0.2) is 0 Å². The number of fused-ring (bicyclic) bond motifs is 1. The van der Waals surface area contributed by atoms with Gasteiger partial charge in [0.25, 0.3) is 0 Å². The van der Waals surface area contributed by atoms with Crippen LogP contribution < -0.4 is 5.09 Å². The topological polar surface area (TPSA) is 58.6 Å². The number of hydrogen-bond acceptors (Lipinski definition) is 5. The summed E-state index contributed by atoms with van der Waals surface area (Å²) in [7, 11) is -1.11. The Morgan fingerprint density at radius 2 is 1.67 bits per heavy atom. The molecule has 0 spiro atoms. The molecule has 7 heteroatoms. The van der Waals surface area contributed by atoms with Crippen molar-refractivity contribution in [2.75, 3.05) is 19.1 Å². The summed E-state index contributed by atoms with van der Waals surface area (Å²) >= 11 is 1.71. The molecule has 158 valence electrons. The third-order valence-electron chi connectivity index (χ3n) is 5.29. The van der Waals surface area contributed by atoms with Crippen molar-refractivity contribution in [3.05, 3.63) is 83.1 Å². The summed E-state index contributed by atoms with van der Waals surface area (Å²) in [6, 6.07) is 19.2. The molecule has 2 heterocycles. The molecule has 2 aliphatic rings. The van der Waals surface area contributed by atoms with Crippen molar-refractivity contribution >= 4 is 31.7 Å². The predicted octanol–water partition coefficient (Wildman–Crippen LogP) is 3.59. The molecule has 1 fully saturated rings. The van der Waals surface area contributed by atoms with Crippen LogP contribution in [0, 0.1) is 0 Å². The van der Waals surface area contributed by atoms with Crippen molar-refractivity contribution in [1.82, 2.24) is 9.99 Å². The molecule has 5 nitrogen and oxygen atoms in total. The first kappa shape index (κ1) is 21.1. The van der Waals surface area contributed by atoms with E-state index >= 15 is 0 Å². The van der Waals surface area contributed by atoms with E-state index in [-0.39, 0.29) is 17.3 Å². The molecule has 0 aromatic heterocycles. The van der Waals surface area contributed by atoms with Gasteiger partial charge in [-0.2, -0.15) is 0 Å². The summed E-state index contributed by atoms with van der Waals surface area (Å²) < 4.78 is 6.04. The maximum absolute atomic E-state index is 13.3. The van der Waals surface area contributed by atoms with Crippen LogP contribution in [-0.4, -0.2) is 47.3 Å². The first-order valence-corrected chi connectivity index (χ1v) is 14.1. The number of amides is 1. The summed E-state index contributed by atoms with van der Waals surface area (Å²) in [5.41, 5.74) is 3.09. The number of rotatable bonds is 6. The molecular formula is C23H27N2O3PS. The number of β-lactam (4-membered cyclic amide) rings is 1. The Hall–Kier alpha value is -2.14. The molecule has 2 aromatic carbocycles. The van der Waals surface area contributed by atoms with Gasteiger partial charge >= 0.3 is 183 Å². The Morgan fingerprint density at radius 1 is 1.10 bits per heavy atom. The first-order valence-electron chi connectivity index (χ1n) is 10.2. The van der Waals surface area contributed by atoms with Crippen LogP contribution in [0.3, 0.4) is 0 Å². The zero-order valence-corrected chi connectivity index (χ0v) is 19.3. The number of carbonyl (C=O) groups is 2. The second-order valence-corrected chi connectivity index (χ2v) is 11.7. The number of hydrogen-bond donors (Lipinski definition) is 1. The van der Waals surface area contributed by atoms with Gasteiger partial charge in [-0.05, 0) is 0 Å². The van der Waals surface area contributed by atoms with Crippen molar-refractivity contribution in [3.63, 3.8) is 0 Å². The van der Waals surface area contributed by atoms with Crippen LogP contribution in [0.4, 0.5) is 0 Å². The number of carbonyl (C=O) groups excluding carboxylic acids is 2. The molecule has 2 aliphatic heterocycles. The molecule has 1 N–H and O–H groups in total. The summed E-state index contributed by atoms with van der Waals surface area (Å²) in [6.07, 6.45) is -0.526. The van der Waals surface area contributed by atoms with E-state index in [1.165, 1.54) is 0 Å². The number of ether oxygens (including phenoxy) is 1. The van der Waals surface area contributed by atoms with Gasteiger partial charge in [0, 0.05) is 0 Å². The predicted molar refractivity (Wildman–Crippen MR) is 125 cm³/mol. The van der Waals surface area contributed by atoms with Gasteiger partial charge in [-0.1, -0.05) is 0 Å². The number of nitrogens with zero attached hydrogens (tertiary/aromatic N) is 1. The Labute approximate surface area is 182 Å². The molecule has 1 saturated heterocycles. The maximum atomic E-state index is 13.3. The van der Waals surface area contributed by atoms with Gasteiger partial charge in [-0.3, -0.25) is 0 Å². The van der Waals surface area contributed by atoms with Gasteiger partial charge < -0.3 is 0 Å². The van der Waals surface area contributed by atoms with Crippen molar-refractivity contribution < 1.29 is 14.3 Å². The molecule has 4 rings (SSSR count). The number of esters is 1. The fourth-order valence-electron chi connectivity index (χ4n) is 3.89. The average molecular weight is 443 g/mol. The van der Waals surface area contributed by atoms with Crippen LogP contribution >= 0.6 is 19.8 Å². The van der Waals surface area contributed by atoms with Gasteiger partial charge in [-0.15, -0.1) is 0 Å². The van der Waals surface area contributed by atoms with Crippen LogP contribution in [0.2, 0.25) is 0 Å². The van der Waals surface area contributed by atoms with E-state index in [4.69, 9.17) is 4.74 Å². The Bertz CT molecular complexity index is 925. The second kappa shape index (κ2) is 8.93. The minimum absolute atomic E-state index is 0.0318. The van der Waals surface area contributed by atoms with Gasteiger partial charge in [0.2, 0.25) is 0 Å². The molecule has 0 radical (unpaired) electrons. The van der Waals surface area contributed by atoms with Crippen LogP contribution in [0.15, 0.2) is 71.9 Å². The average Bonchev–Trinajstić information content (AvgIpc) is 2.76. The molecular weight excluding hydrogens is 415 g/mol. The molecule has 2 aromatic rings. The molecule has 1 amide bonds. The van der Waals surface area contributed by atoms with Gasteiger partial charge in [-0.25, -0.2) is 0 Å². The van der Waals surface area contributed by atoms with E-state index in [1.54, 1.807) is 16.7 Å². The molecule has 0 aliphatic carbocycles. The SMILES string of the molecule is CC1=C(C(=O)OC(c2ccccc2)c2ccccc2)N2C(=O)[C@@H](N[PH2](C)C)[C@@H]2SC1. The molecule has 30 heavy (non-hydrogen) atoms. The minimum atomic E-state index is -1.11. The zero-order chi connectivity index (χ0) is 21.3. The van der Waals surface area contributed by atoms with E-state index in [9.17, 15) is 9.59 Å². The van der Waals surface area contributed by atoms with E-state index in [0.717, 1.165) is 22.5 Å². The van der Waals surface area contributed by atoms with Crippen molar-refractivity contribution in [1.29, 1.82) is 0 Å². The molecule has 2 atom stereocenters. The van der Waals surface area contributed by atoms with Crippen molar-refractivity contribution in [2.45, 2.75) is 24.4 Å². The summed E-state index contributed by atoms with van der Waals surface area (Å²) in [4.78, 5) is 27.8. The normalized spacial score (nSPS) is 21.3. The molecule has 0 unspecified atom stereocenters. The van der Waals surface area contributed by atoms with E-state index in [2.05, 4.69) is 18.4 Å². The Kier molecular flexibility index (Phi) is 6.28. The zero-order valence-electron chi connectivity index (χ0n) is 17.4. The van der Waals surface area contributed by atoms with E-state index in [1.807, 2.05) is 67.6 Å². The molecule has 0 bridgehead atoms. The van der Waals surface area contributed by atoms with Crippen LogP contribution in [0.5, 0.6) is 0 Å². The van der Waals surface area contributed by atoms with Crippen molar-refractivity contribution in [3.8, 4) is 0 Å². The Balaban J connectivity index is 1.60. The summed E-state index contributed by atoms with van der Waals surface area (Å²) in [6.45, 7) is 6.22.